The average molecular weight is 155 g/mol. The van der Waals surface area contributed by atoms with Crippen LogP contribution >= 0.6 is 0 Å². The van der Waals surface area contributed by atoms with Crippen molar-refractivity contribution in [3.63, 3.8) is 0 Å². The average Bonchev–Trinajstić information content (AvgIpc) is 2.04. The third kappa shape index (κ3) is 2.03. The second kappa shape index (κ2) is 3.86. The highest BCUT2D eigenvalue weighted by atomic mass is 16.1. The normalized spacial score (nSPS) is 31.8. The zero-order valence-corrected chi connectivity index (χ0v) is 7.18. The molecule has 1 aliphatic rings. The van der Waals surface area contributed by atoms with Crippen LogP contribution in [0.2, 0.25) is 0 Å². The Balaban J connectivity index is 2.51. The van der Waals surface area contributed by atoms with Gasteiger partial charge in [0.15, 0.2) is 0 Å². The Hall–Kier alpha value is -0.370. The van der Waals surface area contributed by atoms with Crippen molar-refractivity contribution in [2.75, 3.05) is 6.54 Å². The first-order valence-electron chi connectivity index (χ1n) is 4.46. The fraction of sp³-hybridized carbons (Fsp3) is 0.889. The maximum absolute atomic E-state index is 11.1. The van der Waals surface area contributed by atoms with E-state index in [4.69, 9.17) is 5.73 Å². The Morgan fingerprint density at radius 2 is 2.09 bits per heavy atom. The molecule has 2 atom stereocenters. The van der Waals surface area contributed by atoms with Crippen molar-refractivity contribution in [1.29, 1.82) is 0 Å². The molecule has 11 heavy (non-hydrogen) atoms. The predicted molar refractivity (Wildman–Crippen MR) is 45.2 cm³/mol. The molecule has 2 heteroatoms. The Labute approximate surface area is 68.2 Å². The standard InChI is InChI=1S/C9H17NO/c1-7(11)9-5-3-2-4-8(9)6-10/h8-9H,2-6,10H2,1H3. The molecule has 0 aromatic heterocycles. The van der Waals surface area contributed by atoms with Gasteiger partial charge < -0.3 is 5.73 Å². The Morgan fingerprint density at radius 3 is 2.55 bits per heavy atom. The molecule has 1 aliphatic carbocycles. The minimum absolute atomic E-state index is 0.272. The SMILES string of the molecule is CC(=O)C1CCCCC1CN. The fourth-order valence-corrected chi connectivity index (χ4v) is 2.02. The molecule has 0 saturated heterocycles. The van der Waals surface area contributed by atoms with Crippen LogP contribution in [0.25, 0.3) is 0 Å². The van der Waals surface area contributed by atoms with Crippen LogP contribution in [0.1, 0.15) is 32.6 Å². The summed E-state index contributed by atoms with van der Waals surface area (Å²) >= 11 is 0. The lowest BCUT2D eigenvalue weighted by Gasteiger charge is -2.28. The predicted octanol–water partition coefficient (Wildman–Crippen LogP) is 1.34. The largest absolute Gasteiger partial charge is 0.330 e. The first kappa shape index (κ1) is 8.72. The Bertz CT molecular complexity index is 144. The molecule has 0 amide bonds. The molecule has 2 nitrogen and oxygen atoms in total. The zero-order valence-electron chi connectivity index (χ0n) is 7.18. The molecule has 1 saturated carbocycles. The molecular weight excluding hydrogens is 138 g/mol. The molecule has 0 aliphatic heterocycles. The van der Waals surface area contributed by atoms with E-state index in [1.54, 1.807) is 6.92 Å². The third-order valence-corrected chi connectivity index (χ3v) is 2.73. The van der Waals surface area contributed by atoms with Crippen LogP contribution in [0.4, 0.5) is 0 Å². The van der Waals surface area contributed by atoms with Crippen molar-refractivity contribution in [1.82, 2.24) is 0 Å². The summed E-state index contributed by atoms with van der Waals surface area (Å²) < 4.78 is 0. The summed E-state index contributed by atoms with van der Waals surface area (Å²) in [7, 11) is 0. The molecule has 1 rings (SSSR count). The van der Waals surface area contributed by atoms with Crippen molar-refractivity contribution in [2.24, 2.45) is 17.6 Å². The van der Waals surface area contributed by atoms with Crippen LogP contribution in [-0.2, 0) is 4.79 Å². The van der Waals surface area contributed by atoms with Gasteiger partial charge in [0.05, 0.1) is 0 Å². The van der Waals surface area contributed by atoms with E-state index in [0.717, 1.165) is 12.8 Å². The van der Waals surface area contributed by atoms with Gasteiger partial charge in [0.1, 0.15) is 5.78 Å². The van der Waals surface area contributed by atoms with Gasteiger partial charge in [-0.1, -0.05) is 12.8 Å². The maximum atomic E-state index is 11.1. The van der Waals surface area contributed by atoms with Crippen molar-refractivity contribution in [3.05, 3.63) is 0 Å². The maximum Gasteiger partial charge on any atom is 0.133 e. The van der Waals surface area contributed by atoms with Crippen molar-refractivity contribution in [3.8, 4) is 0 Å². The highest BCUT2D eigenvalue weighted by molar-refractivity contribution is 5.78. The Kier molecular flexibility index (Phi) is 3.06. The molecule has 0 spiro atoms. The first-order chi connectivity index (χ1) is 5.25. The molecule has 0 aromatic rings. The summed E-state index contributed by atoms with van der Waals surface area (Å²) in [5.74, 6) is 1.08. The van der Waals surface area contributed by atoms with E-state index in [1.807, 2.05) is 0 Å². The zero-order chi connectivity index (χ0) is 8.27. The van der Waals surface area contributed by atoms with Crippen molar-refractivity contribution in [2.45, 2.75) is 32.6 Å². The van der Waals surface area contributed by atoms with Gasteiger partial charge in [-0.25, -0.2) is 0 Å². The minimum Gasteiger partial charge on any atom is -0.330 e. The molecule has 64 valence electrons. The van der Waals surface area contributed by atoms with E-state index in [1.165, 1.54) is 12.8 Å². The van der Waals surface area contributed by atoms with Crippen LogP contribution in [0.15, 0.2) is 0 Å². The highest BCUT2D eigenvalue weighted by Crippen LogP contribution is 2.29. The Morgan fingerprint density at radius 1 is 1.45 bits per heavy atom. The van der Waals surface area contributed by atoms with Gasteiger partial charge in [-0.05, 0) is 32.2 Å². The summed E-state index contributed by atoms with van der Waals surface area (Å²) in [6.07, 6.45) is 4.68. The number of ketones is 1. The molecule has 0 radical (unpaired) electrons. The number of Topliss-reactive ketones (excluding diaryl/α,β-unsaturated/α-hetero) is 1. The van der Waals surface area contributed by atoms with Crippen LogP contribution in [0.5, 0.6) is 0 Å². The molecule has 2 N–H and O–H groups in total. The quantitative estimate of drug-likeness (QED) is 0.654. The van der Waals surface area contributed by atoms with Gasteiger partial charge in [0, 0.05) is 5.92 Å². The number of rotatable bonds is 2. The van der Waals surface area contributed by atoms with Crippen molar-refractivity contribution < 1.29 is 4.79 Å². The molecular formula is C9H17NO. The lowest BCUT2D eigenvalue weighted by atomic mass is 9.77. The topological polar surface area (TPSA) is 43.1 Å². The second-order valence-corrected chi connectivity index (χ2v) is 3.50. The summed E-state index contributed by atoms with van der Waals surface area (Å²) in [5, 5.41) is 0. The van der Waals surface area contributed by atoms with E-state index in [0.29, 0.717) is 18.2 Å². The van der Waals surface area contributed by atoms with Gasteiger partial charge in [-0.15, -0.1) is 0 Å². The van der Waals surface area contributed by atoms with Gasteiger partial charge >= 0.3 is 0 Å². The number of carbonyl (C=O) groups is 1. The van der Waals surface area contributed by atoms with Crippen molar-refractivity contribution >= 4 is 5.78 Å². The van der Waals surface area contributed by atoms with Gasteiger partial charge in [0.2, 0.25) is 0 Å². The van der Waals surface area contributed by atoms with Crippen LogP contribution in [-0.4, -0.2) is 12.3 Å². The minimum atomic E-state index is 0.272. The molecule has 0 heterocycles. The van der Waals surface area contributed by atoms with E-state index in [-0.39, 0.29) is 5.92 Å². The third-order valence-electron chi connectivity index (χ3n) is 2.73. The van der Waals surface area contributed by atoms with Crippen LogP contribution in [0, 0.1) is 11.8 Å². The van der Waals surface area contributed by atoms with E-state index < -0.39 is 0 Å². The van der Waals surface area contributed by atoms with Gasteiger partial charge in [-0.3, -0.25) is 4.79 Å². The van der Waals surface area contributed by atoms with Crippen LogP contribution in [0.3, 0.4) is 0 Å². The lowest BCUT2D eigenvalue weighted by Crippen LogP contribution is -2.30. The molecule has 2 unspecified atom stereocenters. The lowest BCUT2D eigenvalue weighted by molar-refractivity contribution is -0.123. The number of nitrogens with two attached hydrogens (primary N) is 1. The van der Waals surface area contributed by atoms with Gasteiger partial charge in [0.25, 0.3) is 0 Å². The van der Waals surface area contributed by atoms with E-state index >= 15 is 0 Å². The first-order valence-corrected chi connectivity index (χ1v) is 4.46. The molecule has 0 aromatic carbocycles. The van der Waals surface area contributed by atoms with Crippen LogP contribution < -0.4 is 5.73 Å². The van der Waals surface area contributed by atoms with E-state index in [2.05, 4.69) is 0 Å². The second-order valence-electron chi connectivity index (χ2n) is 3.50. The summed E-state index contributed by atoms with van der Waals surface area (Å²) in [4.78, 5) is 11.1. The number of carbonyl (C=O) groups excluding carboxylic acids is 1. The van der Waals surface area contributed by atoms with Gasteiger partial charge in [-0.2, -0.15) is 0 Å². The number of hydrogen-bond acceptors (Lipinski definition) is 2. The van der Waals surface area contributed by atoms with E-state index in [9.17, 15) is 4.79 Å². The monoisotopic (exact) mass is 155 g/mol. The molecule has 1 fully saturated rings. The smallest absolute Gasteiger partial charge is 0.133 e. The summed E-state index contributed by atoms with van der Waals surface area (Å²) in [6, 6.07) is 0. The molecule has 0 bridgehead atoms. The number of hydrogen-bond donors (Lipinski definition) is 1. The fourth-order valence-electron chi connectivity index (χ4n) is 2.02. The highest BCUT2D eigenvalue weighted by Gasteiger charge is 2.26. The summed E-state index contributed by atoms with van der Waals surface area (Å²) in [6.45, 7) is 2.38. The summed E-state index contributed by atoms with van der Waals surface area (Å²) in [5.41, 5.74) is 5.58.